The van der Waals surface area contributed by atoms with Gasteiger partial charge < -0.3 is 9.84 Å². The summed E-state index contributed by atoms with van der Waals surface area (Å²) in [7, 11) is 0. The largest absolute Gasteiger partial charge is 0.340 e. The second-order valence-electron chi connectivity index (χ2n) is 5.38. The van der Waals surface area contributed by atoms with Crippen molar-refractivity contribution in [1.29, 1.82) is 0 Å². The SMILES string of the molecule is Cc1nc(C(NC(=O)C=Cc2ccccc2)c2ccccc2F)no1. The lowest BCUT2D eigenvalue weighted by Crippen LogP contribution is -2.29. The smallest absolute Gasteiger partial charge is 0.244 e. The summed E-state index contributed by atoms with van der Waals surface area (Å²) in [5, 5.41) is 6.54. The molecule has 0 saturated heterocycles. The summed E-state index contributed by atoms with van der Waals surface area (Å²) in [5.74, 6) is -0.309. The van der Waals surface area contributed by atoms with Gasteiger partial charge in [-0.2, -0.15) is 4.98 Å². The Labute approximate surface area is 144 Å². The molecule has 2 aromatic carbocycles. The second-order valence-corrected chi connectivity index (χ2v) is 5.38. The van der Waals surface area contributed by atoms with E-state index in [0.717, 1.165) is 5.56 Å². The van der Waals surface area contributed by atoms with Gasteiger partial charge in [-0.15, -0.1) is 0 Å². The van der Waals surface area contributed by atoms with Gasteiger partial charge >= 0.3 is 0 Å². The molecule has 1 amide bonds. The molecule has 0 aliphatic rings. The number of aromatic nitrogens is 2. The number of aryl methyl sites for hydroxylation is 1. The van der Waals surface area contributed by atoms with Gasteiger partial charge in [-0.3, -0.25) is 4.79 Å². The maximum absolute atomic E-state index is 14.2. The summed E-state index contributed by atoms with van der Waals surface area (Å²) in [4.78, 5) is 16.4. The zero-order valence-corrected chi connectivity index (χ0v) is 13.5. The Balaban J connectivity index is 1.84. The summed E-state index contributed by atoms with van der Waals surface area (Å²) < 4.78 is 19.1. The van der Waals surface area contributed by atoms with Crippen LogP contribution in [0.5, 0.6) is 0 Å². The standard InChI is InChI=1S/C19H16FN3O2/c1-13-21-19(23-25-13)18(15-9-5-6-10-16(15)20)22-17(24)12-11-14-7-3-2-4-8-14/h2-12,18H,1H3,(H,22,24). The van der Waals surface area contributed by atoms with Crippen molar-refractivity contribution >= 4 is 12.0 Å². The molecule has 0 spiro atoms. The topological polar surface area (TPSA) is 68.0 Å². The Bertz CT molecular complexity index is 890. The van der Waals surface area contributed by atoms with Crippen LogP contribution in [0.15, 0.2) is 65.2 Å². The molecule has 126 valence electrons. The van der Waals surface area contributed by atoms with Gasteiger partial charge in [0.2, 0.25) is 11.8 Å². The summed E-state index contributed by atoms with van der Waals surface area (Å²) in [5.41, 5.74) is 1.15. The average molecular weight is 337 g/mol. The van der Waals surface area contributed by atoms with Crippen molar-refractivity contribution in [3.63, 3.8) is 0 Å². The van der Waals surface area contributed by atoms with Crippen LogP contribution in [0.2, 0.25) is 0 Å². The molecule has 1 atom stereocenters. The number of nitrogens with one attached hydrogen (secondary N) is 1. The van der Waals surface area contributed by atoms with E-state index in [2.05, 4.69) is 15.5 Å². The summed E-state index contributed by atoms with van der Waals surface area (Å²) in [6.07, 6.45) is 3.06. The Hall–Kier alpha value is -3.28. The fraction of sp³-hybridized carbons (Fsp3) is 0.105. The van der Waals surface area contributed by atoms with Crippen molar-refractivity contribution in [2.24, 2.45) is 0 Å². The molecule has 5 nitrogen and oxygen atoms in total. The van der Waals surface area contributed by atoms with Gasteiger partial charge in [0.1, 0.15) is 11.9 Å². The number of halogens is 1. The normalized spacial score (nSPS) is 12.2. The Morgan fingerprint density at radius 2 is 1.88 bits per heavy atom. The zero-order chi connectivity index (χ0) is 17.6. The van der Waals surface area contributed by atoms with Crippen molar-refractivity contribution in [1.82, 2.24) is 15.5 Å². The average Bonchev–Trinajstić information content (AvgIpc) is 3.06. The maximum Gasteiger partial charge on any atom is 0.244 e. The van der Waals surface area contributed by atoms with Gasteiger partial charge in [-0.05, 0) is 17.7 Å². The number of carbonyl (C=O) groups excluding carboxylic acids is 1. The first-order valence-electron chi connectivity index (χ1n) is 7.72. The molecule has 6 heteroatoms. The quantitative estimate of drug-likeness (QED) is 0.724. The van der Waals surface area contributed by atoms with E-state index in [0.29, 0.717) is 5.89 Å². The van der Waals surface area contributed by atoms with Crippen molar-refractivity contribution < 1.29 is 13.7 Å². The lowest BCUT2D eigenvalue weighted by Gasteiger charge is -2.15. The molecule has 0 radical (unpaired) electrons. The van der Waals surface area contributed by atoms with Gasteiger partial charge in [0.05, 0.1) is 0 Å². The number of rotatable bonds is 5. The minimum Gasteiger partial charge on any atom is -0.340 e. The third-order valence-corrected chi connectivity index (χ3v) is 3.53. The summed E-state index contributed by atoms with van der Waals surface area (Å²) in [6.45, 7) is 1.63. The molecule has 1 unspecified atom stereocenters. The molecule has 0 fully saturated rings. The molecule has 3 aromatic rings. The van der Waals surface area contributed by atoms with E-state index in [4.69, 9.17) is 4.52 Å². The fourth-order valence-corrected chi connectivity index (χ4v) is 2.35. The Morgan fingerprint density at radius 3 is 2.56 bits per heavy atom. The third-order valence-electron chi connectivity index (χ3n) is 3.53. The van der Waals surface area contributed by atoms with Crippen LogP contribution in [0, 0.1) is 12.7 Å². The number of hydrogen-bond acceptors (Lipinski definition) is 4. The molecule has 1 N–H and O–H groups in total. The van der Waals surface area contributed by atoms with E-state index in [-0.39, 0.29) is 17.3 Å². The molecule has 3 rings (SSSR count). The molecule has 0 aliphatic heterocycles. The minimum atomic E-state index is -0.841. The highest BCUT2D eigenvalue weighted by Gasteiger charge is 2.23. The maximum atomic E-state index is 14.2. The van der Waals surface area contributed by atoms with Crippen molar-refractivity contribution in [2.45, 2.75) is 13.0 Å². The van der Waals surface area contributed by atoms with E-state index in [1.54, 1.807) is 31.2 Å². The van der Waals surface area contributed by atoms with E-state index < -0.39 is 11.9 Å². The van der Waals surface area contributed by atoms with Crippen LogP contribution in [0.4, 0.5) is 4.39 Å². The monoisotopic (exact) mass is 337 g/mol. The molecule has 0 aliphatic carbocycles. The summed E-state index contributed by atoms with van der Waals surface area (Å²) in [6, 6.07) is 14.7. The Kier molecular flexibility index (Phi) is 4.99. The van der Waals surface area contributed by atoms with Gasteiger partial charge in [-0.1, -0.05) is 53.7 Å². The predicted molar refractivity (Wildman–Crippen MR) is 90.9 cm³/mol. The van der Waals surface area contributed by atoms with E-state index in [1.807, 2.05) is 30.3 Å². The lowest BCUT2D eigenvalue weighted by molar-refractivity contribution is -0.117. The fourth-order valence-electron chi connectivity index (χ4n) is 2.35. The number of hydrogen-bond donors (Lipinski definition) is 1. The van der Waals surface area contributed by atoms with Gasteiger partial charge in [0.15, 0.2) is 5.82 Å². The number of nitrogens with zero attached hydrogens (tertiary/aromatic N) is 2. The number of carbonyl (C=O) groups is 1. The van der Waals surface area contributed by atoms with Crippen molar-refractivity contribution in [3.8, 4) is 0 Å². The molecule has 1 heterocycles. The molecule has 0 bridgehead atoms. The van der Waals surface area contributed by atoms with Gasteiger partial charge in [-0.25, -0.2) is 4.39 Å². The first-order valence-corrected chi connectivity index (χ1v) is 7.72. The van der Waals surface area contributed by atoms with Gasteiger partial charge in [0, 0.05) is 18.6 Å². The van der Waals surface area contributed by atoms with E-state index in [9.17, 15) is 9.18 Å². The molecule has 25 heavy (non-hydrogen) atoms. The first-order chi connectivity index (χ1) is 12.1. The lowest BCUT2D eigenvalue weighted by atomic mass is 10.1. The first kappa shape index (κ1) is 16.6. The summed E-state index contributed by atoms with van der Waals surface area (Å²) >= 11 is 0. The van der Waals surface area contributed by atoms with Crippen LogP contribution in [-0.2, 0) is 4.79 Å². The molecule has 1 aromatic heterocycles. The highest BCUT2D eigenvalue weighted by Crippen LogP contribution is 2.22. The predicted octanol–water partition coefficient (Wildman–Crippen LogP) is 3.44. The van der Waals surface area contributed by atoms with Crippen LogP contribution in [0.25, 0.3) is 6.08 Å². The number of benzene rings is 2. The van der Waals surface area contributed by atoms with Crippen LogP contribution < -0.4 is 5.32 Å². The van der Waals surface area contributed by atoms with Crippen LogP contribution >= 0.6 is 0 Å². The van der Waals surface area contributed by atoms with Gasteiger partial charge in [0.25, 0.3) is 0 Å². The number of amides is 1. The van der Waals surface area contributed by atoms with E-state index >= 15 is 0 Å². The van der Waals surface area contributed by atoms with Crippen molar-refractivity contribution in [2.75, 3.05) is 0 Å². The van der Waals surface area contributed by atoms with Crippen LogP contribution in [0.1, 0.15) is 28.9 Å². The minimum absolute atomic E-state index is 0.198. The van der Waals surface area contributed by atoms with Crippen LogP contribution in [0.3, 0.4) is 0 Å². The van der Waals surface area contributed by atoms with E-state index in [1.165, 1.54) is 12.1 Å². The van der Waals surface area contributed by atoms with Crippen LogP contribution in [-0.4, -0.2) is 16.0 Å². The zero-order valence-electron chi connectivity index (χ0n) is 13.5. The molecular formula is C19H16FN3O2. The highest BCUT2D eigenvalue weighted by molar-refractivity contribution is 5.92. The highest BCUT2D eigenvalue weighted by atomic mass is 19.1. The molecule has 0 saturated carbocycles. The second kappa shape index (κ2) is 7.53. The Morgan fingerprint density at radius 1 is 1.16 bits per heavy atom. The third kappa shape index (κ3) is 4.17. The molecular weight excluding hydrogens is 321 g/mol. The van der Waals surface area contributed by atoms with Crippen molar-refractivity contribution in [3.05, 3.63) is 89.3 Å².